The number of ether oxygens (including phenoxy) is 2. The summed E-state index contributed by atoms with van der Waals surface area (Å²) < 4.78 is 10.7. The number of carbonyl (C=O) groups is 2. The highest BCUT2D eigenvalue weighted by molar-refractivity contribution is 5.96. The molecule has 8 heteroatoms. The smallest absolute Gasteiger partial charge is 0.346 e. The highest BCUT2D eigenvalue weighted by atomic mass is 16.6. The van der Waals surface area contributed by atoms with E-state index in [-0.39, 0.29) is 17.2 Å². The van der Waals surface area contributed by atoms with E-state index in [2.05, 4.69) is 0 Å². The number of nitrogens with zero attached hydrogens (tertiary/aromatic N) is 2. The van der Waals surface area contributed by atoms with Crippen molar-refractivity contribution in [3.05, 3.63) is 75.8 Å². The summed E-state index contributed by atoms with van der Waals surface area (Å²) in [6.45, 7) is 1.60. The molecule has 0 spiro atoms. The fraction of sp³-hybridized carbons (Fsp3) is 0.263. The molecule has 1 heterocycles. The Bertz CT molecular complexity index is 833. The second-order valence-electron chi connectivity index (χ2n) is 5.91. The minimum absolute atomic E-state index is 0.196. The summed E-state index contributed by atoms with van der Waals surface area (Å²) in [6, 6.07) is 14.1. The number of nitro groups is 1. The maximum absolute atomic E-state index is 12.9. The molecule has 0 bridgehead atoms. The molecule has 0 aliphatic carbocycles. The molecule has 0 unspecified atom stereocenters. The van der Waals surface area contributed by atoms with Crippen molar-refractivity contribution in [1.82, 2.24) is 4.90 Å². The maximum Gasteiger partial charge on any atom is 0.346 e. The van der Waals surface area contributed by atoms with Gasteiger partial charge in [0.05, 0.1) is 18.1 Å². The van der Waals surface area contributed by atoms with Crippen LogP contribution in [0.4, 0.5) is 5.69 Å². The van der Waals surface area contributed by atoms with E-state index < -0.39 is 17.0 Å². The van der Waals surface area contributed by atoms with Crippen LogP contribution in [0.15, 0.2) is 54.6 Å². The zero-order chi connectivity index (χ0) is 19.2. The number of hydrogen-bond acceptors (Lipinski definition) is 6. The molecule has 0 aromatic heterocycles. The zero-order valence-electron chi connectivity index (χ0n) is 14.4. The molecule has 0 radical (unpaired) electrons. The van der Waals surface area contributed by atoms with Gasteiger partial charge in [0.1, 0.15) is 5.56 Å². The van der Waals surface area contributed by atoms with Crippen LogP contribution in [0.2, 0.25) is 0 Å². The highest BCUT2D eigenvalue weighted by Crippen LogP contribution is 2.25. The number of amides is 1. The molecule has 2 aromatic carbocycles. The van der Waals surface area contributed by atoms with E-state index in [1.165, 1.54) is 24.3 Å². The summed E-state index contributed by atoms with van der Waals surface area (Å²) in [5.41, 5.74) is -0.0627. The van der Waals surface area contributed by atoms with E-state index >= 15 is 0 Å². The van der Waals surface area contributed by atoms with E-state index in [0.717, 1.165) is 0 Å². The average molecular weight is 370 g/mol. The number of benzene rings is 2. The van der Waals surface area contributed by atoms with Crippen LogP contribution in [0.25, 0.3) is 0 Å². The number of nitro benzene ring substituents is 1. The number of morpholine rings is 1. The Labute approximate surface area is 155 Å². The van der Waals surface area contributed by atoms with Crippen molar-refractivity contribution in [2.45, 2.75) is 6.10 Å². The fourth-order valence-corrected chi connectivity index (χ4v) is 2.81. The Morgan fingerprint density at radius 3 is 2.33 bits per heavy atom. The molecule has 1 aliphatic heterocycles. The maximum atomic E-state index is 12.9. The zero-order valence-corrected chi connectivity index (χ0v) is 14.4. The summed E-state index contributed by atoms with van der Waals surface area (Å²) in [4.78, 5) is 37.6. The van der Waals surface area contributed by atoms with Crippen LogP contribution in [-0.4, -0.2) is 48.0 Å². The molecular formula is C19H18N2O6. The molecule has 1 fully saturated rings. The topological polar surface area (TPSA) is 99.0 Å². The first-order valence-electron chi connectivity index (χ1n) is 8.44. The predicted molar refractivity (Wildman–Crippen MR) is 95.1 cm³/mol. The van der Waals surface area contributed by atoms with E-state index in [1.54, 1.807) is 35.2 Å². The van der Waals surface area contributed by atoms with Gasteiger partial charge in [-0.2, -0.15) is 0 Å². The SMILES string of the molecule is O=C(O[C@H](C(=O)N1CCOCC1)c1ccccc1)c1ccccc1[N+](=O)[O-]. The molecular weight excluding hydrogens is 352 g/mol. The van der Waals surface area contributed by atoms with Crippen molar-refractivity contribution < 1.29 is 24.0 Å². The number of hydrogen-bond donors (Lipinski definition) is 0. The van der Waals surface area contributed by atoms with Gasteiger partial charge in [-0.25, -0.2) is 4.79 Å². The lowest BCUT2D eigenvalue weighted by molar-refractivity contribution is -0.385. The van der Waals surface area contributed by atoms with Crippen molar-refractivity contribution in [2.75, 3.05) is 26.3 Å². The van der Waals surface area contributed by atoms with Gasteiger partial charge in [-0.1, -0.05) is 42.5 Å². The van der Waals surface area contributed by atoms with Gasteiger partial charge in [-0.15, -0.1) is 0 Å². The molecule has 1 aliphatic rings. The first-order valence-corrected chi connectivity index (χ1v) is 8.44. The largest absolute Gasteiger partial charge is 0.443 e. The molecule has 0 N–H and O–H groups in total. The van der Waals surface area contributed by atoms with Crippen LogP contribution >= 0.6 is 0 Å². The van der Waals surface area contributed by atoms with E-state index in [9.17, 15) is 19.7 Å². The number of rotatable bonds is 5. The normalized spacial score (nSPS) is 15.0. The second kappa shape index (κ2) is 8.41. The minimum Gasteiger partial charge on any atom is -0.443 e. The Morgan fingerprint density at radius 1 is 1.04 bits per heavy atom. The summed E-state index contributed by atoms with van der Waals surface area (Å²) in [6.07, 6.45) is -1.18. The molecule has 3 rings (SSSR count). The number of esters is 1. The summed E-state index contributed by atoms with van der Waals surface area (Å²) in [5.74, 6) is -1.30. The lowest BCUT2D eigenvalue weighted by Gasteiger charge is -2.30. The molecule has 2 aromatic rings. The number of para-hydroxylation sites is 1. The van der Waals surface area contributed by atoms with Crippen molar-refractivity contribution >= 4 is 17.6 Å². The van der Waals surface area contributed by atoms with E-state index in [0.29, 0.717) is 31.9 Å². The predicted octanol–water partition coefficient (Wildman–Crippen LogP) is 2.35. The molecule has 8 nitrogen and oxygen atoms in total. The monoisotopic (exact) mass is 370 g/mol. The van der Waals surface area contributed by atoms with Gasteiger partial charge in [-0.3, -0.25) is 14.9 Å². The summed E-state index contributed by atoms with van der Waals surface area (Å²) >= 11 is 0. The lowest BCUT2D eigenvalue weighted by atomic mass is 10.1. The second-order valence-corrected chi connectivity index (χ2v) is 5.91. The van der Waals surface area contributed by atoms with Crippen molar-refractivity contribution in [1.29, 1.82) is 0 Å². The molecule has 27 heavy (non-hydrogen) atoms. The molecule has 140 valence electrons. The third-order valence-corrected chi connectivity index (χ3v) is 4.19. The molecule has 1 atom stereocenters. The first-order chi connectivity index (χ1) is 13.1. The van der Waals surface area contributed by atoms with Gasteiger partial charge >= 0.3 is 5.97 Å². The Morgan fingerprint density at radius 2 is 1.67 bits per heavy atom. The van der Waals surface area contributed by atoms with Gasteiger partial charge in [0.2, 0.25) is 6.10 Å². The third-order valence-electron chi connectivity index (χ3n) is 4.19. The lowest BCUT2D eigenvalue weighted by Crippen LogP contribution is -2.44. The third kappa shape index (κ3) is 4.29. The van der Waals surface area contributed by atoms with Crippen LogP contribution in [0.3, 0.4) is 0 Å². The van der Waals surface area contributed by atoms with Crippen LogP contribution in [-0.2, 0) is 14.3 Å². The van der Waals surface area contributed by atoms with Gasteiger partial charge < -0.3 is 14.4 Å². The van der Waals surface area contributed by atoms with Crippen LogP contribution in [0.1, 0.15) is 22.0 Å². The van der Waals surface area contributed by atoms with Crippen LogP contribution in [0.5, 0.6) is 0 Å². The Balaban J connectivity index is 1.89. The Kier molecular flexibility index (Phi) is 5.77. The van der Waals surface area contributed by atoms with Crippen LogP contribution < -0.4 is 0 Å². The fourth-order valence-electron chi connectivity index (χ4n) is 2.81. The van der Waals surface area contributed by atoms with Gasteiger partial charge in [0, 0.05) is 24.7 Å². The van der Waals surface area contributed by atoms with Crippen molar-refractivity contribution in [3.8, 4) is 0 Å². The van der Waals surface area contributed by atoms with Gasteiger partial charge in [0.25, 0.3) is 11.6 Å². The molecule has 0 saturated carbocycles. The van der Waals surface area contributed by atoms with Crippen molar-refractivity contribution in [3.63, 3.8) is 0 Å². The summed E-state index contributed by atoms with van der Waals surface area (Å²) in [7, 11) is 0. The Hall–Kier alpha value is -3.26. The minimum atomic E-state index is -1.18. The number of carbonyl (C=O) groups excluding carboxylic acids is 2. The quantitative estimate of drug-likeness (QED) is 0.455. The summed E-state index contributed by atoms with van der Waals surface area (Å²) in [5, 5.41) is 11.2. The average Bonchev–Trinajstić information content (AvgIpc) is 2.72. The standard InChI is InChI=1S/C19H18N2O6/c22-18(20-10-12-26-13-11-20)17(14-6-2-1-3-7-14)27-19(23)15-8-4-5-9-16(15)21(24)25/h1-9,17H,10-13H2/t17-/m0/s1. The van der Waals surface area contributed by atoms with E-state index in [1.807, 2.05) is 0 Å². The first kappa shape index (κ1) is 18.5. The highest BCUT2D eigenvalue weighted by Gasteiger charge is 2.32. The van der Waals surface area contributed by atoms with E-state index in [4.69, 9.17) is 9.47 Å². The molecule has 1 amide bonds. The van der Waals surface area contributed by atoms with Gasteiger partial charge in [-0.05, 0) is 6.07 Å². The van der Waals surface area contributed by atoms with Crippen molar-refractivity contribution in [2.24, 2.45) is 0 Å². The molecule has 1 saturated heterocycles. The van der Waals surface area contributed by atoms with Crippen LogP contribution in [0, 0.1) is 10.1 Å². The van der Waals surface area contributed by atoms with Gasteiger partial charge in [0.15, 0.2) is 0 Å².